The molecule has 0 atom stereocenters. The average molecular weight is 356 g/mol. The molecule has 2 aromatic carbocycles. The first-order valence-corrected chi connectivity index (χ1v) is 7.74. The Morgan fingerprint density at radius 2 is 2.05 bits per heavy atom. The predicted molar refractivity (Wildman–Crippen MR) is 86.3 cm³/mol. The van der Waals surface area contributed by atoms with Gasteiger partial charge in [-0.05, 0) is 35.9 Å². The van der Waals surface area contributed by atoms with Gasteiger partial charge in [-0.1, -0.05) is 39.7 Å². The van der Waals surface area contributed by atoms with Gasteiger partial charge in [0.15, 0.2) is 0 Å². The SMILES string of the molecule is COc1ccc(Br)cc1C[NH2+]CCc1cccc(Cl)c1. The van der Waals surface area contributed by atoms with Gasteiger partial charge >= 0.3 is 0 Å². The first-order chi connectivity index (χ1) is 9.69. The van der Waals surface area contributed by atoms with Gasteiger partial charge in [0.05, 0.1) is 13.7 Å². The summed E-state index contributed by atoms with van der Waals surface area (Å²) in [7, 11) is 1.71. The number of halogens is 2. The van der Waals surface area contributed by atoms with Crippen molar-refractivity contribution in [3.8, 4) is 5.75 Å². The highest BCUT2D eigenvalue weighted by Crippen LogP contribution is 2.21. The highest BCUT2D eigenvalue weighted by atomic mass is 79.9. The Bertz CT molecular complexity index is 574. The monoisotopic (exact) mass is 354 g/mol. The quantitative estimate of drug-likeness (QED) is 0.790. The summed E-state index contributed by atoms with van der Waals surface area (Å²) in [5.74, 6) is 0.937. The van der Waals surface area contributed by atoms with E-state index in [1.54, 1.807) is 7.11 Å². The molecule has 0 unspecified atom stereocenters. The second kappa shape index (κ2) is 7.67. The lowest BCUT2D eigenvalue weighted by molar-refractivity contribution is -0.670. The van der Waals surface area contributed by atoms with Gasteiger partial charge < -0.3 is 10.1 Å². The van der Waals surface area contributed by atoms with E-state index in [1.807, 2.05) is 30.3 Å². The van der Waals surface area contributed by atoms with E-state index in [0.717, 1.165) is 34.8 Å². The third kappa shape index (κ3) is 4.51. The molecule has 0 fully saturated rings. The van der Waals surface area contributed by atoms with Gasteiger partial charge in [0.2, 0.25) is 0 Å². The summed E-state index contributed by atoms with van der Waals surface area (Å²) >= 11 is 9.47. The number of ether oxygens (including phenoxy) is 1. The van der Waals surface area contributed by atoms with E-state index in [-0.39, 0.29) is 0 Å². The molecule has 0 saturated heterocycles. The van der Waals surface area contributed by atoms with Gasteiger partial charge in [0.1, 0.15) is 12.3 Å². The lowest BCUT2D eigenvalue weighted by atomic mass is 10.1. The van der Waals surface area contributed by atoms with Gasteiger partial charge in [-0.25, -0.2) is 0 Å². The van der Waals surface area contributed by atoms with E-state index in [0.29, 0.717) is 0 Å². The minimum absolute atomic E-state index is 0.802. The van der Waals surface area contributed by atoms with E-state index in [2.05, 4.69) is 33.4 Å². The fourth-order valence-electron chi connectivity index (χ4n) is 2.13. The molecule has 4 heteroatoms. The third-order valence-electron chi connectivity index (χ3n) is 3.13. The summed E-state index contributed by atoms with van der Waals surface area (Å²) in [5, 5.41) is 3.08. The smallest absolute Gasteiger partial charge is 0.127 e. The maximum absolute atomic E-state index is 5.98. The van der Waals surface area contributed by atoms with Crippen LogP contribution in [0.4, 0.5) is 0 Å². The Labute approximate surface area is 133 Å². The van der Waals surface area contributed by atoms with Crippen LogP contribution in [0.15, 0.2) is 46.9 Å². The van der Waals surface area contributed by atoms with E-state index in [9.17, 15) is 0 Å². The van der Waals surface area contributed by atoms with Crippen LogP contribution < -0.4 is 10.1 Å². The van der Waals surface area contributed by atoms with Crippen molar-refractivity contribution >= 4 is 27.5 Å². The van der Waals surface area contributed by atoms with Crippen LogP contribution in [0, 0.1) is 0 Å². The topological polar surface area (TPSA) is 25.8 Å². The molecule has 0 saturated carbocycles. The second-order valence-electron chi connectivity index (χ2n) is 4.62. The highest BCUT2D eigenvalue weighted by Gasteiger charge is 2.05. The van der Waals surface area contributed by atoms with E-state index in [1.165, 1.54) is 11.1 Å². The van der Waals surface area contributed by atoms with Crippen LogP contribution in [0.2, 0.25) is 5.02 Å². The first kappa shape index (κ1) is 15.4. The van der Waals surface area contributed by atoms with Crippen molar-refractivity contribution in [1.82, 2.24) is 0 Å². The first-order valence-electron chi connectivity index (χ1n) is 6.57. The zero-order valence-corrected chi connectivity index (χ0v) is 13.7. The second-order valence-corrected chi connectivity index (χ2v) is 5.97. The molecule has 0 aliphatic rings. The molecule has 0 aliphatic heterocycles. The Morgan fingerprint density at radius 1 is 1.20 bits per heavy atom. The van der Waals surface area contributed by atoms with Crippen molar-refractivity contribution in [1.29, 1.82) is 0 Å². The Balaban J connectivity index is 1.85. The summed E-state index contributed by atoms with van der Waals surface area (Å²) in [4.78, 5) is 0. The van der Waals surface area contributed by atoms with Crippen molar-refractivity contribution in [3.63, 3.8) is 0 Å². The largest absolute Gasteiger partial charge is 0.496 e. The van der Waals surface area contributed by atoms with Crippen LogP contribution in [-0.4, -0.2) is 13.7 Å². The zero-order valence-electron chi connectivity index (χ0n) is 11.4. The standard InChI is InChI=1S/C16H17BrClNO/c1-20-16-6-5-14(17)10-13(16)11-19-8-7-12-3-2-4-15(18)9-12/h2-6,9-10,19H,7-8,11H2,1H3/p+1. The third-order valence-corrected chi connectivity index (χ3v) is 3.86. The molecule has 2 aromatic rings. The lowest BCUT2D eigenvalue weighted by Gasteiger charge is -2.08. The van der Waals surface area contributed by atoms with Crippen LogP contribution in [-0.2, 0) is 13.0 Å². The zero-order chi connectivity index (χ0) is 14.4. The number of methoxy groups -OCH3 is 1. The number of hydrogen-bond donors (Lipinski definition) is 1. The van der Waals surface area contributed by atoms with Crippen LogP contribution in [0.1, 0.15) is 11.1 Å². The molecule has 20 heavy (non-hydrogen) atoms. The Kier molecular flexibility index (Phi) is 5.89. The fraction of sp³-hybridized carbons (Fsp3) is 0.250. The van der Waals surface area contributed by atoms with Crippen molar-refractivity contribution < 1.29 is 10.1 Å². The summed E-state index contributed by atoms with van der Waals surface area (Å²) in [6, 6.07) is 14.1. The normalized spacial score (nSPS) is 10.6. The van der Waals surface area contributed by atoms with E-state index >= 15 is 0 Å². The Hall–Kier alpha value is -1.03. The molecule has 0 bridgehead atoms. The van der Waals surface area contributed by atoms with E-state index < -0.39 is 0 Å². The highest BCUT2D eigenvalue weighted by molar-refractivity contribution is 9.10. The lowest BCUT2D eigenvalue weighted by Crippen LogP contribution is -2.83. The number of hydrogen-bond acceptors (Lipinski definition) is 1. The summed E-state index contributed by atoms with van der Waals surface area (Å²) < 4.78 is 6.45. The minimum Gasteiger partial charge on any atom is -0.496 e. The summed E-state index contributed by atoms with van der Waals surface area (Å²) in [5.41, 5.74) is 2.47. The molecule has 2 N–H and O–H groups in total. The molecule has 0 radical (unpaired) electrons. The van der Waals surface area contributed by atoms with Crippen LogP contribution in [0.5, 0.6) is 5.75 Å². The van der Waals surface area contributed by atoms with Crippen molar-refractivity contribution in [3.05, 3.63) is 63.1 Å². The summed E-state index contributed by atoms with van der Waals surface area (Å²) in [6.45, 7) is 1.93. The van der Waals surface area contributed by atoms with Gasteiger partial charge in [-0.3, -0.25) is 0 Å². The fourth-order valence-corrected chi connectivity index (χ4v) is 2.75. The number of quaternary nitrogens is 1. The molecular weight excluding hydrogens is 338 g/mol. The molecule has 0 aromatic heterocycles. The molecule has 0 amide bonds. The predicted octanol–water partition coefficient (Wildman–Crippen LogP) is 3.42. The van der Waals surface area contributed by atoms with Crippen LogP contribution in [0.3, 0.4) is 0 Å². The van der Waals surface area contributed by atoms with Gasteiger partial charge in [-0.2, -0.15) is 0 Å². The average Bonchev–Trinajstić information content (AvgIpc) is 2.44. The van der Waals surface area contributed by atoms with Gasteiger partial charge in [0.25, 0.3) is 0 Å². The number of rotatable bonds is 6. The minimum atomic E-state index is 0.802. The molecule has 0 aliphatic carbocycles. The molecule has 2 rings (SSSR count). The van der Waals surface area contributed by atoms with Crippen LogP contribution in [0.25, 0.3) is 0 Å². The maximum Gasteiger partial charge on any atom is 0.127 e. The Morgan fingerprint density at radius 3 is 2.80 bits per heavy atom. The summed E-state index contributed by atoms with van der Waals surface area (Å²) in [6.07, 6.45) is 1.01. The van der Waals surface area contributed by atoms with Crippen molar-refractivity contribution in [2.45, 2.75) is 13.0 Å². The van der Waals surface area contributed by atoms with Gasteiger partial charge in [-0.15, -0.1) is 0 Å². The van der Waals surface area contributed by atoms with Gasteiger partial charge in [0, 0.05) is 21.5 Å². The number of benzene rings is 2. The molecule has 0 heterocycles. The molecule has 106 valence electrons. The maximum atomic E-state index is 5.98. The van der Waals surface area contributed by atoms with E-state index in [4.69, 9.17) is 16.3 Å². The van der Waals surface area contributed by atoms with Crippen molar-refractivity contribution in [2.75, 3.05) is 13.7 Å². The number of nitrogens with two attached hydrogens (primary N) is 1. The molecule has 2 nitrogen and oxygen atoms in total. The van der Waals surface area contributed by atoms with Crippen LogP contribution >= 0.6 is 27.5 Å². The van der Waals surface area contributed by atoms with Crippen molar-refractivity contribution in [2.24, 2.45) is 0 Å². The molecule has 0 spiro atoms. The molecular formula is C16H18BrClNO+.